The molecule has 1 aliphatic rings. The molecule has 0 aliphatic carbocycles. The molecule has 2 aromatic heterocycles. The number of likely N-dealkylation sites (tertiary alicyclic amines) is 1. The summed E-state index contributed by atoms with van der Waals surface area (Å²) in [7, 11) is 0. The molecular formula is C22H23F2N5O3. The Morgan fingerprint density at radius 3 is 2.72 bits per heavy atom. The van der Waals surface area contributed by atoms with Crippen LogP contribution in [0.1, 0.15) is 30.1 Å². The molecule has 0 radical (unpaired) electrons. The number of para-hydroxylation sites is 1. The quantitative estimate of drug-likeness (QED) is 0.557. The van der Waals surface area contributed by atoms with Crippen LogP contribution in [0.4, 0.5) is 8.78 Å². The lowest BCUT2D eigenvalue weighted by Crippen LogP contribution is -2.49. The van der Waals surface area contributed by atoms with E-state index in [0.717, 1.165) is 12.8 Å². The molecule has 168 valence electrons. The van der Waals surface area contributed by atoms with Gasteiger partial charge in [-0.2, -0.15) is 15.0 Å². The van der Waals surface area contributed by atoms with E-state index in [4.69, 9.17) is 9.47 Å². The smallest absolute Gasteiger partial charge is 0.272 e. The predicted molar refractivity (Wildman–Crippen MR) is 111 cm³/mol. The first-order chi connectivity index (χ1) is 15.5. The number of ether oxygens (including phenoxy) is 2. The molecular weight excluding hydrogens is 420 g/mol. The molecule has 1 aliphatic heterocycles. The van der Waals surface area contributed by atoms with Crippen molar-refractivity contribution in [3.8, 4) is 17.3 Å². The van der Waals surface area contributed by atoms with E-state index in [0.29, 0.717) is 17.8 Å². The maximum Gasteiger partial charge on any atom is 0.272 e. The minimum Gasteiger partial charge on any atom is -0.487 e. The van der Waals surface area contributed by atoms with Crippen molar-refractivity contribution in [1.82, 2.24) is 24.9 Å². The summed E-state index contributed by atoms with van der Waals surface area (Å²) < 4.78 is 35.8. The summed E-state index contributed by atoms with van der Waals surface area (Å²) in [6, 6.07) is 10.2. The van der Waals surface area contributed by atoms with Gasteiger partial charge in [0.1, 0.15) is 18.5 Å². The van der Waals surface area contributed by atoms with Crippen molar-refractivity contribution in [3.63, 3.8) is 0 Å². The average Bonchev–Trinajstić information content (AvgIpc) is 3.34. The number of nitrogens with zero attached hydrogens (tertiary/aromatic N) is 5. The van der Waals surface area contributed by atoms with Crippen molar-refractivity contribution in [1.29, 1.82) is 0 Å². The van der Waals surface area contributed by atoms with Crippen LogP contribution >= 0.6 is 0 Å². The molecule has 32 heavy (non-hydrogen) atoms. The number of carbonyl (C=O) groups is 1. The zero-order chi connectivity index (χ0) is 22.5. The van der Waals surface area contributed by atoms with E-state index in [1.54, 1.807) is 35.5 Å². The van der Waals surface area contributed by atoms with Crippen LogP contribution in [-0.4, -0.2) is 62.5 Å². The summed E-state index contributed by atoms with van der Waals surface area (Å²) in [4.78, 5) is 20.8. The van der Waals surface area contributed by atoms with E-state index in [1.165, 1.54) is 23.1 Å². The van der Waals surface area contributed by atoms with Crippen molar-refractivity contribution < 1.29 is 23.0 Å². The number of hydrogen-bond donors (Lipinski definition) is 0. The van der Waals surface area contributed by atoms with Gasteiger partial charge in [0.25, 0.3) is 12.3 Å². The van der Waals surface area contributed by atoms with Crippen LogP contribution in [0.2, 0.25) is 0 Å². The lowest BCUT2D eigenvalue weighted by Gasteiger charge is -2.38. The van der Waals surface area contributed by atoms with E-state index >= 15 is 0 Å². The third-order valence-electron chi connectivity index (χ3n) is 5.24. The molecule has 3 aromatic rings. The number of halogens is 2. The summed E-state index contributed by atoms with van der Waals surface area (Å²) in [5.41, 5.74) is 1.10. The fourth-order valence-electron chi connectivity index (χ4n) is 3.65. The SMILES string of the molecule is C[C@@H]1CC[C@@H](Oc2cc(OCC(F)F)ccn2)CN1C(=O)c1ccccc1-n1nccn1. The first-order valence-electron chi connectivity index (χ1n) is 10.3. The van der Waals surface area contributed by atoms with Crippen molar-refractivity contribution in [2.24, 2.45) is 0 Å². The van der Waals surface area contributed by atoms with Crippen LogP contribution in [-0.2, 0) is 0 Å². The van der Waals surface area contributed by atoms with Crippen LogP contribution in [0.5, 0.6) is 11.6 Å². The molecule has 3 heterocycles. The standard InChI is InChI=1S/C22H23F2N5O3/c1-15-6-7-17(32-21-12-16(8-9-25-21)31-14-20(23)24)13-28(15)22(30)18-4-2-3-5-19(18)29-26-10-11-27-29/h2-5,8-12,15,17,20H,6-7,13-14H2,1H3/t15-,17-/m1/s1. The van der Waals surface area contributed by atoms with Gasteiger partial charge in [-0.05, 0) is 38.0 Å². The number of piperidine rings is 1. The molecule has 0 bridgehead atoms. The Morgan fingerprint density at radius 1 is 1.16 bits per heavy atom. The summed E-state index contributed by atoms with van der Waals surface area (Å²) in [6.07, 6.45) is 3.19. The number of alkyl halides is 2. The summed E-state index contributed by atoms with van der Waals surface area (Å²) in [5.74, 6) is 0.388. The van der Waals surface area contributed by atoms with Gasteiger partial charge in [-0.15, -0.1) is 0 Å². The maximum atomic E-state index is 13.4. The van der Waals surface area contributed by atoms with E-state index in [-0.39, 0.29) is 29.7 Å². The summed E-state index contributed by atoms with van der Waals surface area (Å²) in [5, 5.41) is 8.28. The van der Waals surface area contributed by atoms with Crippen molar-refractivity contribution in [2.45, 2.75) is 38.3 Å². The number of benzene rings is 1. The highest BCUT2D eigenvalue weighted by Gasteiger charge is 2.32. The van der Waals surface area contributed by atoms with Crippen molar-refractivity contribution in [2.75, 3.05) is 13.2 Å². The van der Waals surface area contributed by atoms with Crippen molar-refractivity contribution >= 4 is 5.91 Å². The monoisotopic (exact) mass is 443 g/mol. The van der Waals surface area contributed by atoms with E-state index in [9.17, 15) is 13.6 Å². The van der Waals surface area contributed by atoms with Gasteiger partial charge in [0.15, 0.2) is 0 Å². The molecule has 0 spiro atoms. The molecule has 10 heteroatoms. The Kier molecular flexibility index (Phi) is 6.58. The Balaban J connectivity index is 1.48. The Labute approximate surface area is 183 Å². The highest BCUT2D eigenvalue weighted by Crippen LogP contribution is 2.26. The molecule has 1 amide bonds. The Morgan fingerprint density at radius 2 is 1.94 bits per heavy atom. The van der Waals surface area contributed by atoms with Crippen molar-refractivity contribution in [3.05, 3.63) is 60.6 Å². The number of rotatable bonds is 7. The van der Waals surface area contributed by atoms with Gasteiger partial charge in [0.05, 0.1) is 30.2 Å². The number of carbonyl (C=O) groups excluding carboxylic acids is 1. The number of aromatic nitrogens is 4. The summed E-state index contributed by atoms with van der Waals surface area (Å²) >= 11 is 0. The molecule has 4 rings (SSSR count). The van der Waals surface area contributed by atoms with E-state index in [2.05, 4.69) is 15.2 Å². The van der Waals surface area contributed by atoms with Crippen LogP contribution in [0, 0.1) is 0 Å². The molecule has 2 atom stereocenters. The fraction of sp³-hybridized carbons (Fsp3) is 0.364. The zero-order valence-corrected chi connectivity index (χ0v) is 17.5. The van der Waals surface area contributed by atoms with E-state index in [1.807, 2.05) is 13.0 Å². The molecule has 1 aromatic carbocycles. The highest BCUT2D eigenvalue weighted by atomic mass is 19.3. The van der Waals surface area contributed by atoms with Gasteiger partial charge < -0.3 is 14.4 Å². The minimum absolute atomic E-state index is 0.0228. The fourth-order valence-corrected chi connectivity index (χ4v) is 3.65. The third kappa shape index (κ3) is 5.01. The molecule has 1 saturated heterocycles. The molecule has 8 nitrogen and oxygen atoms in total. The number of amides is 1. The highest BCUT2D eigenvalue weighted by molar-refractivity contribution is 5.98. The second kappa shape index (κ2) is 9.71. The van der Waals surface area contributed by atoms with Crippen LogP contribution < -0.4 is 9.47 Å². The molecule has 0 N–H and O–H groups in total. The van der Waals surface area contributed by atoms with Gasteiger partial charge in [-0.1, -0.05) is 12.1 Å². The minimum atomic E-state index is -2.56. The normalized spacial score (nSPS) is 18.6. The molecule has 1 fully saturated rings. The zero-order valence-electron chi connectivity index (χ0n) is 17.5. The van der Waals surface area contributed by atoms with Gasteiger partial charge in [-0.3, -0.25) is 4.79 Å². The number of pyridine rings is 1. The first kappa shape index (κ1) is 21.7. The molecule has 0 saturated carbocycles. The van der Waals surface area contributed by atoms with Crippen LogP contribution in [0.25, 0.3) is 5.69 Å². The van der Waals surface area contributed by atoms with Gasteiger partial charge in [0, 0.05) is 18.3 Å². The number of hydrogen-bond acceptors (Lipinski definition) is 6. The Hall–Kier alpha value is -3.56. The second-order valence-electron chi connectivity index (χ2n) is 7.49. The topological polar surface area (TPSA) is 82.4 Å². The van der Waals surface area contributed by atoms with Gasteiger partial charge in [0.2, 0.25) is 5.88 Å². The van der Waals surface area contributed by atoms with E-state index < -0.39 is 13.0 Å². The van der Waals surface area contributed by atoms with Crippen LogP contribution in [0.3, 0.4) is 0 Å². The lowest BCUT2D eigenvalue weighted by atomic mass is 9.99. The third-order valence-corrected chi connectivity index (χ3v) is 5.24. The largest absolute Gasteiger partial charge is 0.487 e. The van der Waals surface area contributed by atoms with Crippen LogP contribution in [0.15, 0.2) is 55.0 Å². The molecule has 0 unspecified atom stereocenters. The average molecular weight is 443 g/mol. The van der Waals surface area contributed by atoms with Gasteiger partial charge >= 0.3 is 0 Å². The summed E-state index contributed by atoms with van der Waals surface area (Å²) in [6.45, 7) is 1.67. The van der Waals surface area contributed by atoms with Gasteiger partial charge in [-0.25, -0.2) is 13.8 Å². The second-order valence-corrected chi connectivity index (χ2v) is 7.49. The lowest BCUT2D eigenvalue weighted by molar-refractivity contribution is 0.0371. The maximum absolute atomic E-state index is 13.4. The predicted octanol–water partition coefficient (Wildman–Crippen LogP) is 3.38. The Bertz CT molecular complexity index is 1050. The first-order valence-corrected chi connectivity index (χ1v) is 10.3.